The zero-order valence-corrected chi connectivity index (χ0v) is 10.5. The number of carboxylic acid groups (broad SMARTS) is 1. The maximum Gasteiger partial charge on any atom is 0.326 e. The summed E-state index contributed by atoms with van der Waals surface area (Å²) in [6.07, 6.45) is 4.55. The molecule has 1 saturated carbocycles. The minimum absolute atomic E-state index is 0.0618. The van der Waals surface area contributed by atoms with E-state index in [4.69, 9.17) is 9.63 Å². The van der Waals surface area contributed by atoms with Crippen LogP contribution in [0.3, 0.4) is 0 Å². The van der Waals surface area contributed by atoms with E-state index in [2.05, 4.69) is 17.1 Å². The van der Waals surface area contributed by atoms with Crippen LogP contribution in [-0.4, -0.2) is 28.2 Å². The zero-order chi connectivity index (χ0) is 13.8. The average Bonchev–Trinajstić information content (AvgIpc) is 3.11. The lowest BCUT2D eigenvalue weighted by molar-refractivity contribution is -0.139. The highest BCUT2D eigenvalue weighted by Gasteiger charge is 2.29. The normalized spacial score (nSPS) is 15.8. The van der Waals surface area contributed by atoms with Crippen molar-refractivity contribution in [1.29, 1.82) is 0 Å². The second-order valence-electron chi connectivity index (χ2n) is 4.62. The molecule has 2 N–H and O–H groups in total. The van der Waals surface area contributed by atoms with E-state index in [9.17, 15) is 9.59 Å². The molecule has 0 radical (unpaired) electrons. The molecule has 1 amide bonds. The summed E-state index contributed by atoms with van der Waals surface area (Å²) in [7, 11) is 0. The summed E-state index contributed by atoms with van der Waals surface area (Å²) >= 11 is 0. The minimum Gasteiger partial charge on any atom is -0.480 e. The number of carbonyl (C=O) groups excluding carboxylic acids is 1. The molecule has 1 heterocycles. The predicted octanol–water partition coefficient (Wildman–Crippen LogP) is 1.70. The highest BCUT2D eigenvalue weighted by Crippen LogP contribution is 2.39. The van der Waals surface area contributed by atoms with Crippen LogP contribution in [0.5, 0.6) is 0 Å². The fourth-order valence-electron chi connectivity index (χ4n) is 1.74. The third-order valence-corrected chi connectivity index (χ3v) is 3.01. The summed E-state index contributed by atoms with van der Waals surface area (Å²) < 4.78 is 4.94. The van der Waals surface area contributed by atoms with Gasteiger partial charge >= 0.3 is 5.97 Å². The van der Waals surface area contributed by atoms with Gasteiger partial charge in [-0.15, -0.1) is 6.58 Å². The Hall–Kier alpha value is -2.11. The number of amides is 1. The summed E-state index contributed by atoms with van der Waals surface area (Å²) in [6.45, 7) is 3.52. The van der Waals surface area contributed by atoms with Crippen molar-refractivity contribution >= 4 is 11.9 Å². The molecule has 1 aromatic rings. The van der Waals surface area contributed by atoms with Crippen molar-refractivity contribution in [3.63, 3.8) is 0 Å². The maximum absolute atomic E-state index is 11.8. The van der Waals surface area contributed by atoms with Crippen molar-refractivity contribution in [2.45, 2.75) is 37.6 Å². The molecule has 1 fully saturated rings. The molecule has 0 saturated heterocycles. The van der Waals surface area contributed by atoms with E-state index in [1.807, 2.05) is 0 Å². The molecule has 0 aromatic carbocycles. The Balaban J connectivity index is 1.96. The first-order chi connectivity index (χ1) is 9.11. The topological polar surface area (TPSA) is 92.4 Å². The first-order valence-electron chi connectivity index (χ1n) is 6.23. The standard InChI is InChI=1S/C13H16N2O4/c1-2-3-4-9(13(17)18)14-12(16)11-7-10(15-19-11)8-5-6-8/h2,7-9H,1,3-6H2,(H,14,16)(H,17,18). The van der Waals surface area contributed by atoms with E-state index in [0.29, 0.717) is 18.8 Å². The Morgan fingerprint density at radius 2 is 2.37 bits per heavy atom. The van der Waals surface area contributed by atoms with Crippen molar-refractivity contribution in [2.75, 3.05) is 0 Å². The number of allylic oxidation sites excluding steroid dienone is 1. The number of nitrogens with zero attached hydrogens (tertiary/aromatic N) is 1. The van der Waals surface area contributed by atoms with Crippen LogP contribution in [0, 0.1) is 0 Å². The number of aromatic nitrogens is 1. The smallest absolute Gasteiger partial charge is 0.326 e. The summed E-state index contributed by atoms with van der Waals surface area (Å²) in [5.74, 6) is -1.17. The lowest BCUT2D eigenvalue weighted by Crippen LogP contribution is -2.40. The molecule has 1 unspecified atom stereocenters. The molecule has 19 heavy (non-hydrogen) atoms. The fraction of sp³-hybridized carbons (Fsp3) is 0.462. The van der Waals surface area contributed by atoms with Crippen LogP contribution in [0.25, 0.3) is 0 Å². The number of carbonyl (C=O) groups is 2. The highest BCUT2D eigenvalue weighted by atomic mass is 16.5. The van der Waals surface area contributed by atoms with Crippen LogP contribution >= 0.6 is 0 Å². The van der Waals surface area contributed by atoms with Crippen molar-refractivity contribution in [3.8, 4) is 0 Å². The Labute approximate surface area is 110 Å². The van der Waals surface area contributed by atoms with E-state index in [-0.39, 0.29) is 5.76 Å². The molecule has 0 spiro atoms. The van der Waals surface area contributed by atoms with Gasteiger partial charge in [-0.1, -0.05) is 11.2 Å². The molecule has 1 atom stereocenters. The molecule has 0 bridgehead atoms. The van der Waals surface area contributed by atoms with Gasteiger partial charge in [-0.2, -0.15) is 0 Å². The van der Waals surface area contributed by atoms with E-state index in [1.165, 1.54) is 0 Å². The molecule has 6 heteroatoms. The Morgan fingerprint density at radius 3 is 2.95 bits per heavy atom. The van der Waals surface area contributed by atoms with Crippen molar-refractivity contribution in [3.05, 3.63) is 30.2 Å². The largest absolute Gasteiger partial charge is 0.480 e. The van der Waals surface area contributed by atoms with Crippen molar-refractivity contribution in [1.82, 2.24) is 10.5 Å². The monoisotopic (exact) mass is 264 g/mol. The van der Waals surface area contributed by atoms with Gasteiger partial charge in [-0.3, -0.25) is 4.79 Å². The van der Waals surface area contributed by atoms with Crippen molar-refractivity contribution < 1.29 is 19.2 Å². The van der Waals surface area contributed by atoms with Crippen LogP contribution in [0.2, 0.25) is 0 Å². The number of carboxylic acids is 1. The minimum atomic E-state index is -1.07. The maximum atomic E-state index is 11.8. The number of nitrogens with one attached hydrogen (secondary N) is 1. The quantitative estimate of drug-likeness (QED) is 0.731. The van der Waals surface area contributed by atoms with Gasteiger partial charge in [-0.05, 0) is 25.7 Å². The van der Waals surface area contributed by atoms with Crippen LogP contribution in [0.4, 0.5) is 0 Å². The van der Waals surface area contributed by atoms with Crippen LogP contribution < -0.4 is 5.32 Å². The summed E-state index contributed by atoms with van der Waals surface area (Å²) in [4.78, 5) is 22.8. The van der Waals surface area contributed by atoms with Crippen LogP contribution in [0.1, 0.15) is 47.8 Å². The molecular weight excluding hydrogens is 248 g/mol. The van der Waals surface area contributed by atoms with Gasteiger partial charge in [0.25, 0.3) is 5.91 Å². The molecule has 1 aliphatic carbocycles. The molecule has 6 nitrogen and oxygen atoms in total. The SMILES string of the molecule is C=CCCC(NC(=O)c1cc(C2CC2)no1)C(=O)O. The van der Waals surface area contributed by atoms with Gasteiger partial charge in [0.1, 0.15) is 6.04 Å². The predicted molar refractivity (Wildman–Crippen MR) is 66.8 cm³/mol. The summed E-state index contributed by atoms with van der Waals surface area (Å²) in [5.41, 5.74) is 0.767. The van der Waals surface area contributed by atoms with E-state index in [0.717, 1.165) is 18.5 Å². The zero-order valence-electron chi connectivity index (χ0n) is 10.5. The van der Waals surface area contributed by atoms with Gasteiger partial charge in [-0.25, -0.2) is 4.79 Å². The summed E-state index contributed by atoms with van der Waals surface area (Å²) in [6, 6.07) is 0.638. The van der Waals surface area contributed by atoms with Gasteiger partial charge < -0.3 is 14.9 Å². The van der Waals surface area contributed by atoms with E-state index in [1.54, 1.807) is 12.1 Å². The highest BCUT2D eigenvalue weighted by molar-refractivity contribution is 5.94. The molecule has 2 rings (SSSR count). The molecule has 102 valence electrons. The van der Waals surface area contributed by atoms with Crippen LogP contribution in [0.15, 0.2) is 23.2 Å². The number of rotatable bonds is 7. The van der Waals surface area contributed by atoms with E-state index < -0.39 is 17.9 Å². The third kappa shape index (κ3) is 3.43. The van der Waals surface area contributed by atoms with Crippen molar-refractivity contribution in [2.24, 2.45) is 0 Å². The number of hydrogen-bond acceptors (Lipinski definition) is 4. The second-order valence-corrected chi connectivity index (χ2v) is 4.62. The molecular formula is C13H16N2O4. The first-order valence-corrected chi connectivity index (χ1v) is 6.23. The first kappa shape index (κ1) is 13.3. The lowest BCUT2D eigenvalue weighted by Gasteiger charge is -2.11. The Bertz CT molecular complexity index is 491. The number of hydrogen-bond donors (Lipinski definition) is 2. The van der Waals surface area contributed by atoms with Crippen LogP contribution in [-0.2, 0) is 4.79 Å². The van der Waals surface area contributed by atoms with Gasteiger partial charge in [0.15, 0.2) is 0 Å². The summed E-state index contributed by atoms with van der Waals surface area (Å²) in [5, 5.41) is 15.2. The Kier molecular flexibility index (Phi) is 3.99. The molecule has 1 aromatic heterocycles. The Morgan fingerprint density at radius 1 is 1.63 bits per heavy atom. The molecule has 0 aliphatic heterocycles. The molecule has 1 aliphatic rings. The van der Waals surface area contributed by atoms with Gasteiger partial charge in [0.2, 0.25) is 5.76 Å². The van der Waals surface area contributed by atoms with Gasteiger partial charge in [0.05, 0.1) is 5.69 Å². The second kappa shape index (κ2) is 5.69. The average molecular weight is 264 g/mol. The van der Waals surface area contributed by atoms with E-state index >= 15 is 0 Å². The number of aliphatic carboxylic acids is 1. The fourth-order valence-corrected chi connectivity index (χ4v) is 1.74. The van der Waals surface area contributed by atoms with Gasteiger partial charge in [0, 0.05) is 12.0 Å². The lowest BCUT2D eigenvalue weighted by atomic mass is 10.1. The third-order valence-electron chi connectivity index (χ3n) is 3.01.